The minimum absolute atomic E-state index is 0.410. The van der Waals surface area contributed by atoms with E-state index >= 15 is 0 Å². The summed E-state index contributed by atoms with van der Waals surface area (Å²) in [4.78, 5) is 9.49. The maximum absolute atomic E-state index is 5.75. The van der Waals surface area contributed by atoms with Crippen molar-refractivity contribution in [1.82, 2.24) is 9.97 Å². The smallest absolute Gasteiger partial charge is 0.162 e. The van der Waals surface area contributed by atoms with Crippen molar-refractivity contribution in [3.8, 4) is 0 Å². The Balaban J connectivity index is 2.53. The van der Waals surface area contributed by atoms with Crippen LogP contribution in [0.4, 0.5) is 5.82 Å². The molecule has 0 bridgehead atoms. The third kappa shape index (κ3) is 2.65. The largest absolute Gasteiger partial charge is 0.370 e. The summed E-state index contributed by atoms with van der Waals surface area (Å²) < 4.78 is 5.75. The van der Waals surface area contributed by atoms with Crippen molar-refractivity contribution in [2.24, 2.45) is 5.84 Å². The number of rotatable bonds is 5. The molecule has 1 aromatic rings. The van der Waals surface area contributed by atoms with E-state index in [4.69, 9.17) is 15.6 Å². The first-order valence-electron chi connectivity index (χ1n) is 7.62. The van der Waals surface area contributed by atoms with Gasteiger partial charge in [-0.2, -0.15) is 0 Å². The summed E-state index contributed by atoms with van der Waals surface area (Å²) in [5, 5.41) is 0. The summed E-state index contributed by atoms with van der Waals surface area (Å²) in [6.45, 7) is 4.22. The van der Waals surface area contributed by atoms with Crippen LogP contribution in [0.2, 0.25) is 0 Å². The van der Waals surface area contributed by atoms with Gasteiger partial charge in [0.1, 0.15) is 11.4 Å². The zero-order chi connectivity index (χ0) is 14.6. The second-order valence-electron chi connectivity index (χ2n) is 5.43. The van der Waals surface area contributed by atoms with E-state index in [9.17, 15) is 0 Å². The minimum atomic E-state index is -0.410. The van der Waals surface area contributed by atoms with Crippen LogP contribution in [0.3, 0.4) is 0 Å². The van der Waals surface area contributed by atoms with Crippen LogP contribution >= 0.6 is 0 Å². The highest BCUT2D eigenvalue weighted by Crippen LogP contribution is 2.33. The van der Waals surface area contributed by atoms with Crippen LogP contribution < -0.4 is 11.3 Å². The van der Waals surface area contributed by atoms with Gasteiger partial charge < -0.3 is 10.2 Å². The van der Waals surface area contributed by atoms with E-state index in [0.717, 1.165) is 43.0 Å². The van der Waals surface area contributed by atoms with Crippen LogP contribution in [-0.4, -0.2) is 17.1 Å². The van der Waals surface area contributed by atoms with Gasteiger partial charge in [0.25, 0.3) is 0 Å². The molecule has 1 aliphatic carbocycles. The molecule has 5 nitrogen and oxygen atoms in total. The molecule has 0 saturated heterocycles. The molecule has 0 aliphatic heterocycles. The van der Waals surface area contributed by atoms with Crippen LogP contribution in [0.15, 0.2) is 0 Å². The number of ether oxygens (including phenoxy) is 1. The quantitative estimate of drug-likeness (QED) is 0.492. The molecule has 0 saturated carbocycles. The van der Waals surface area contributed by atoms with Crippen LogP contribution in [0.1, 0.15) is 63.0 Å². The van der Waals surface area contributed by atoms with E-state index in [0.29, 0.717) is 0 Å². The van der Waals surface area contributed by atoms with Gasteiger partial charge in [-0.3, -0.25) is 0 Å². The Hall–Kier alpha value is -1.20. The Kier molecular flexibility index (Phi) is 4.94. The number of fused-ring (bicyclic) bond motifs is 1. The number of hydrogen-bond acceptors (Lipinski definition) is 5. The lowest BCUT2D eigenvalue weighted by Gasteiger charge is -2.29. The van der Waals surface area contributed by atoms with Crippen LogP contribution in [0, 0.1) is 0 Å². The average Bonchev–Trinajstić information content (AvgIpc) is 2.74. The molecule has 0 radical (unpaired) electrons. The highest BCUT2D eigenvalue weighted by atomic mass is 16.5. The summed E-state index contributed by atoms with van der Waals surface area (Å²) in [6, 6.07) is 0. The Morgan fingerprint density at radius 3 is 2.45 bits per heavy atom. The summed E-state index contributed by atoms with van der Waals surface area (Å²) in [5.74, 6) is 7.22. The third-order valence-corrected chi connectivity index (χ3v) is 4.51. The fourth-order valence-corrected chi connectivity index (χ4v) is 3.04. The first kappa shape index (κ1) is 15.2. The van der Waals surface area contributed by atoms with Gasteiger partial charge in [-0.25, -0.2) is 15.8 Å². The SMILES string of the molecule is CCC(CC)(OC)c1nc2c(c(NN)n1)CCCCC2. The second kappa shape index (κ2) is 6.50. The minimum Gasteiger partial charge on any atom is -0.370 e. The van der Waals surface area contributed by atoms with Crippen LogP contribution in [0.5, 0.6) is 0 Å². The van der Waals surface area contributed by atoms with Crippen molar-refractivity contribution in [2.45, 2.75) is 64.4 Å². The van der Waals surface area contributed by atoms with Crippen molar-refractivity contribution >= 4 is 5.82 Å². The highest BCUT2D eigenvalue weighted by Gasteiger charge is 2.33. The lowest BCUT2D eigenvalue weighted by Crippen LogP contribution is -2.31. The van der Waals surface area contributed by atoms with Gasteiger partial charge in [-0.1, -0.05) is 20.3 Å². The standard InChI is InChI=1S/C15H26N4O/c1-4-15(5-2,20-3)14-17-12-10-8-6-7-9-11(12)13(18-14)19-16/h4-10,16H2,1-3H3,(H,17,18,19). The molecule has 0 amide bonds. The number of nitrogen functional groups attached to an aromatic ring is 1. The molecule has 20 heavy (non-hydrogen) atoms. The van der Waals surface area contributed by atoms with Gasteiger partial charge in [-0.15, -0.1) is 0 Å². The van der Waals surface area contributed by atoms with Gasteiger partial charge in [0.15, 0.2) is 5.82 Å². The highest BCUT2D eigenvalue weighted by molar-refractivity contribution is 5.47. The normalized spacial score (nSPS) is 15.6. The molecule has 5 heteroatoms. The molecule has 112 valence electrons. The molecule has 0 fully saturated rings. The molecule has 0 spiro atoms. The van der Waals surface area contributed by atoms with Gasteiger partial charge in [0, 0.05) is 18.4 Å². The molecule has 1 aliphatic rings. The number of nitrogens with one attached hydrogen (secondary N) is 1. The van der Waals surface area contributed by atoms with Crippen molar-refractivity contribution in [3.63, 3.8) is 0 Å². The van der Waals surface area contributed by atoms with Crippen molar-refractivity contribution < 1.29 is 4.74 Å². The number of nitrogens with zero attached hydrogens (tertiary/aromatic N) is 2. The number of anilines is 1. The Labute approximate surface area is 121 Å². The molecular formula is C15H26N4O. The molecule has 1 aromatic heterocycles. The fourth-order valence-electron chi connectivity index (χ4n) is 3.04. The number of aryl methyl sites for hydroxylation is 1. The maximum Gasteiger partial charge on any atom is 0.162 e. The molecular weight excluding hydrogens is 252 g/mol. The average molecular weight is 278 g/mol. The van der Waals surface area contributed by atoms with Gasteiger partial charge in [-0.05, 0) is 38.5 Å². The Morgan fingerprint density at radius 1 is 1.15 bits per heavy atom. The number of nitrogens with two attached hydrogens (primary N) is 1. The lowest BCUT2D eigenvalue weighted by molar-refractivity contribution is -0.0292. The van der Waals surface area contributed by atoms with Gasteiger partial charge in [0.05, 0.1) is 0 Å². The monoisotopic (exact) mass is 278 g/mol. The van der Waals surface area contributed by atoms with E-state index in [1.54, 1.807) is 7.11 Å². The van der Waals surface area contributed by atoms with E-state index in [-0.39, 0.29) is 0 Å². The number of hydrogen-bond donors (Lipinski definition) is 2. The first-order chi connectivity index (χ1) is 9.70. The number of hydrazine groups is 1. The summed E-state index contributed by atoms with van der Waals surface area (Å²) in [6.07, 6.45) is 7.32. The summed E-state index contributed by atoms with van der Waals surface area (Å²) >= 11 is 0. The molecule has 2 rings (SSSR count). The summed E-state index contributed by atoms with van der Waals surface area (Å²) in [5.41, 5.74) is 4.68. The Bertz CT molecular complexity index is 449. The third-order valence-electron chi connectivity index (χ3n) is 4.51. The van der Waals surface area contributed by atoms with Crippen LogP contribution in [-0.2, 0) is 23.2 Å². The topological polar surface area (TPSA) is 73.1 Å². The molecule has 0 unspecified atom stereocenters. The van der Waals surface area contributed by atoms with Gasteiger partial charge >= 0.3 is 0 Å². The van der Waals surface area contributed by atoms with E-state index in [1.807, 2.05) is 0 Å². The number of methoxy groups -OCH3 is 1. The van der Waals surface area contributed by atoms with Crippen molar-refractivity contribution in [3.05, 3.63) is 17.1 Å². The van der Waals surface area contributed by atoms with E-state index < -0.39 is 5.60 Å². The zero-order valence-electron chi connectivity index (χ0n) is 12.8. The van der Waals surface area contributed by atoms with E-state index in [1.165, 1.54) is 24.8 Å². The molecule has 1 heterocycles. The number of aromatic nitrogens is 2. The molecule has 0 aromatic carbocycles. The predicted octanol–water partition coefficient (Wildman–Crippen LogP) is 2.69. The van der Waals surface area contributed by atoms with Crippen molar-refractivity contribution in [2.75, 3.05) is 12.5 Å². The Morgan fingerprint density at radius 2 is 1.85 bits per heavy atom. The molecule has 3 N–H and O–H groups in total. The zero-order valence-corrected chi connectivity index (χ0v) is 12.8. The van der Waals surface area contributed by atoms with Crippen LogP contribution in [0.25, 0.3) is 0 Å². The molecule has 0 atom stereocenters. The first-order valence-corrected chi connectivity index (χ1v) is 7.62. The predicted molar refractivity (Wildman–Crippen MR) is 80.4 cm³/mol. The second-order valence-corrected chi connectivity index (χ2v) is 5.43. The van der Waals surface area contributed by atoms with Gasteiger partial charge in [0.2, 0.25) is 0 Å². The maximum atomic E-state index is 5.75. The summed E-state index contributed by atoms with van der Waals surface area (Å²) in [7, 11) is 1.73. The fraction of sp³-hybridized carbons (Fsp3) is 0.733. The lowest BCUT2D eigenvalue weighted by atomic mass is 9.95. The van der Waals surface area contributed by atoms with E-state index in [2.05, 4.69) is 24.3 Å². The van der Waals surface area contributed by atoms with Crippen molar-refractivity contribution in [1.29, 1.82) is 0 Å².